The van der Waals surface area contributed by atoms with Gasteiger partial charge in [-0.1, -0.05) is 238 Å². The number of ether oxygens (including phenoxy) is 3. The summed E-state index contributed by atoms with van der Waals surface area (Å²) < 4.78 is 39.5. The Morgan fingerprint density at radius 1 is 0.412 bits per heavy atom. The lowest BCUT2D eigenvalue weighted by Crippen LogP contribution is -2.30. The summed E-state index contributed by atoms with van der Waals surface area (Å²) in [4.78, 5) is 48.4. The van der Waals surface area contributed by atoms with E-state index < -0.39 is 57.8 Å². The molecule has 12 heteroatoms. The average Bonchev–Trinajstić information content (AvgIpc) is 3.32. The van der Waals surface area contributed by atoms with Crippen molar-refractivity contribution in [1.82, 2.24) is 0 Å². The van der Waals surface area contributed by atoms with E-state index >= 15 is 0 Å². The largest absolute Gasteiger partial charge is 0.472 e. The molecule has 0 saturated carbocycles. The number of hydrogen-bond acceptors (Lipinski definition) is 10. The first-order chi connectivity index (χ1) is 33.2. The Balaban J connectivity index is 4.69. The van der Waals surface area contributed by atoms with Crippen LogP contribution in [0.2, 0.25) is 0 Å². The molecular weight excluding hydrogens is 880 g/mol. The van der Waals surface area contributed by atoms with Gasteiger partial charge in [0, 0.05) is 19.3 Å². The van der Waals surface area contributed by atoms with Crippen molar-refractivity contribution < 1.29 is 52.2 Å². The van der Waals surface area contributed by atoms with Gasteiger partial charge in [-0.05, 0) is 44.9 Å². The Morgan fingerprint density at radius 3 is 1.15 bits per heavy atom. The molecule has 0 aliphatic heterocycles. The van der Waals surface area contributed by atoms with E-state index in [0.29, 0.717) is 19.3 Å². The summed E-state index contributed by atoms with van der Waals surface area (Å²) in [6.45, 7) is 4.60. The predicted octanol–water partition coefficient (Wildman–Crippen LogP) is 16.3. The van der Waals surface area contributed by atoms with Gasteiger partial charge in [0.25, 0.3) is 0 Å². The molecule has 0 aromatic rings. The molecular formula is C56H105O11P. The Bertz CT molecular complexity index is 1240. The van der Waals surface area contributed by atoms with E-state index in [0.717, 1.165) is 83.5 Å². The van der Waals surface area contributed by atoms with Gasteiger partial charge >= 0.3 is 25.7 Å². The molecule has 0 rings (SSSR count). The number of allylic oxidation sites excluding steroid dienone is 4. The third-order valence-corrected chi connectivity index (χ3v) is 13.3. The number of aliphatic hydroxyl groups is 1. The Morgan fingerprint density at radius 2 is 0.750 bits per heavy atom. The lowest BCUT2D eigenvalue weighted by molar-refractivity contribution is -0.161. The van der Waals surface area contributed by atoms with Crippen molar-refractivity contribution in [2.45, 2.75) is 290 Å². The van der Waals surface area contributed by atoms with Crippen molar-refractivity contribution in [3.63, 3.8) is 0 Å². The summed E-state index contributed by atoms with van der Waals surface area (Å²) in [6.07, 6.45) is 49.9. The Hall–Kier alpha value is -2.04. The van der Waals surface area contributed by atoms with Crippen LogP contribution in [0.4, 0.5) is 0 Å². The monoisotopic (exact) mass is 985 g/mol. The SMILES string of the molecule is CCC/C=C\C/C=C\CCCCCCCC(=O)OC(COC(=O)CCCCCCCCCCCCCCCCC)COP(=O)(O)OCC(CO)OC(=O)CCCCCCCCCCCCCCC. The fourth-order valence-corrected chi connectivity index (χ4v) is 8.83. The molecule has 0 heterocycles. The van der Waals surface area contributed by atoms with Crippen LogP contribution in [0.15, 0.2) is 24.3 Å². The minimum absolute atomic E-state index is 0.156. The quantitative estimate of drug-likeness (QED) is 0.0197. The normalized spacial score (nSPS) is 13.5. The second-order valence-electron chi connectivity index (χ2n) is 19.1. The first kappa shape index (κ1) is 66.0. The summed E-state index contributed by atoms with van der Waals surface area (Å²) in [5.41, 5.74) is 0. The number of carbonyl (C=O) groups is 3. The number of phosphoric acid groups is 1. The Labute approximate surface area is 417 Å². The number of unbranched alkanes of at least 4 members (excludes halogenated alkanes) is 32. The smallest absolute Gasteiger partial charge is 0.462 e. The highest BCUT2D eigenvalue weighted by atomic mass is 31.2. The van der Waals surface area contributed by atoms with Crippen LogP contribution in [-0.2, 0) is 42.2 Å². The molecule has 0 saturated heterocycles. The third-order valence-electron chi connectivity index (χ3n) is 12.4. The summed E-state index contributed by atoms with van der Waals surface area (Å²) in [7, 11) is -4.74. The highest BCUT2D eigenvalue weighted by Crippen LogP contribution is 2.43. The second-order valence-corrected chi connectivity index (χ2v) is 20.6. The van der Waals surface area contributed by atoms with Gasteiger partial charge in [-0.2, -0.15) is 0 Å². The standard InChI is InChI=1S/C56H105O11P/c1-4-7-10-13-16-19-22-25-26-29-30-33-36-39-42-45-54(58)63-49-53(67-56(60)47-44-41-38-35-32-28-24-21-18-15-12-9-6-3)51-65-68(61,62)64-50-52(48-57)66-55(59)46-43-40-37-34-31-27-23-20-17-14-11-8-5-2/h12,15,21,24,52-53,57H,4-11,13-14,16-20,22-23,25-51H2,1-3H3,(H,61,62)/b15-12-,24-21-. The molecule has 3 unspecified atom stereocenters. The maximum atomic E-state index is 12.9. The molecule has 0 aliphatic rings. The summed E-state index contributed by atoms with van der Waals surface area (Å²) in [5, 5.41) is 9.79. The first-order valence-corrected chi connectivity index (χ1v) is 29.7. The van der Waals surface area contributed by atoms with Crippen LogP contribution in [0.3, 0.4) is 0 Å². The molecule has 0 radical (unpaired) electrons. The van der Waals surface area contributed by atoms with Crippen molar-refractivity contribution >= 4 is 25.7 Å². The van der Waals surface area contributed by atoms with Crippen molar-refractivity contribution in [1.29, 1.82) is 0 Å². The first-order valence-electron chi connectivity index (χ1n) is 28.2. The van der Waals surface area contributed by atoms with Crippen molar-refractivity contribution in [2.75, 3.05) is 26.4 Å². The van der Waals surface area contributed by atoms with Crippen LogP contribution in [-0.4, -0.2) is 66.5 Å². The van der Waals surface area contributed by atoms with Gasteiger partial charge in [-0.15, -0.1) is 0 Å². The fourth-order valence-electron chi connectivity index (χ4n) is 8.04. The summed E-state index contributed by atoms with van der Waals surface area (Å²) in [5.74, 6) is -1.46. The van der Waals surface area contributed by atoms with Crippen LogP contribution < -0.4 is 0 Å². The Kier molecular flexibility index (Phi) is 49.8. The van der Waals surface area contributed by atoms with E-state index in [1.807, 2.05) is 0 Å². The van der Waals surface area contributed by atoms with Gasteiger partial charge in [0.05, 0.1) is 19.8 Å². The third kappa shape index (κ3) is 49.0. The average molecular weight is 985 g/mol. The topological polar surface area (TPSA) is 155 Å². The van der Waals surface area contributed by atoms with Crippen LogP contribution >= 0.6 is 7.82 Å². The van der Waals surface area contributed by atoms with Crippen LogP contribution in [0.25, 0.3) is 0 Å². The van der Waals surface area contributed by atoms with Gasteiger partial charge in [0.15, 0.2) is 6.10 Å². The van der Waals surface area contributed by atoms with Crippen LogP contribution in [0, 0.1) is 0 Å². The predicted molar refractivity (Wildman–Crippen MR) is 280 cm³/mol. The second kappa shape index (κ2) is 51.3. The zero-order valence-corrected chi connectivity index (χ0v) is 45.0. The molecule has 0 aromatic carbocycles. The van der Waals surface area contributed by atoms with E-state index in [2.05, 4.69) is 45.1 Å². The van der Waals surface area contributed by atoms with E-state index in [1.54, 1.807) is 0 Å². The van der Waals surface area contributed by atoms with Gasteiger partial charge in [0.2, 0.25) is 0 Å². The maximum Gasteiger partial charge on any atom is 0.472 e. The van der Waals surface area contributed by atoms with Crippen molar-refractivity contribution in [3.05, 3.63) is 24.3 Å². The molecule has 11 nitrogen and oxygen atoms in total. The van der Waals surface area contributed by atoms with Gasteiger partial charge < -0.3 is 24.2 Å². The molecule has 0 bridgehead atoms. The molecule has 68 heavy (non-hydrogen) atoms. The zero-order valence-electron chi connectivity index (χ0n) is 44.1. The van der Waals surface area contributed by atoms with E-state index in [1.165, 1.54) is 135 Å². The van der Waals surface area contributed by atoms with Crippen LogP contribution in [0.1, 0.15) is 278 Å². The van der Waals surface area contributed by atoms with Gasteiger partial charge in [-0.3, -0.25) is 23.4 Å². The molecule has 2 N–H and O–H groups in total. The number of aliphatic hydroxyl groups excluding tert-OH is 1. The number of carbonyl (C=O) groups excluding carboxylic acids is 3. The van der Waals surface area contributed by atoms with E-state index in [-0.39, 0.29) is 25.9 Å². The lowest BCUT2D eigenvalue weighted by atomic mass is 10.0. The minimum Gasteiger partial charge on any atom is -0.462 e. The van der Waals surface area contributed by atoms with Crippen molar-refractivity contribution in [3.8, 4) is 0 Å². The molecule has 0 spiro atoms. The summed E-state index contributed by atoms with van der Waals surface area (Å²) in [6, 6.07) is 0. The molecule has 0 aromatic heterocycles. The van der Waals surface area contributed by atoms with E-state index in [9.17, 15) is 28.9 Å². The van der Waals surface area contributed by atoms with Crippen molar-refractivity contribution in [2.24, 2.45) is 0 Å². The molecule has 3 atom stereocenters. The minimum atomic E-state index is -4.74. The number of rotatable bonds is 53. The maximum absolute atomic E-state index is 12.9. The zero-order chi connectivity index (χ0) is 49.9. The number of phosphoric ester groups is 1. The lowest BCUT2D eigenvalue weighted by Gasteiger charge is -2.21. The highest BCUT2D eigenvalue weighted by molar-refractivity contribution is 7.47. The molecule has 0 aliphatic carbocycles. The fraction of sp³-hybridized carbons (Fsp3) is 0.875. The number of hydrogen-bond donors (Lipinski definition) is 2. The number of esters is 3. The molecule has 0 fully saturated rings. The van der Waals surface area contributed by atoms with Gasteiger partial charge in [-0.25, -0.2) is 4.57 Å². The highest BCUT2D eigenvalue weighted by Gasteiger charge is 2.28. The molecule has 0 amide bonds. The van der Waals surface area contributed by atoms with Gasteiger partial charge in [0.1, 0.15) is 12.7 Å². The summed E-state index contributed by atoms with van der Waals surface area (Å²) >= 11 is 0. The van der Waals surface area contributed by atoms with E-state index in [4.69, 9.17) is 23.3 Å². The van der Waals surface area contributed by atoms with Crippen LogP contribution in [0.5, 0.6) is 0 Å². The molecule has 400 valence electrons.